The summed E-state index contributed by atoms with van der Waals surface area (Å²) in [4.78, 5) is 23.6. The lowest BCUT2D eigenvalue weighted by Gasteiger charge is -2.04. The van der Waals surface area contributed by atoms with E-state index in [9.17, 15) is 4.79 Å². The standard InChI is InChI=1S/C15H14N8O3/c1-23-13(20-21-22-23)12-5-3-2-4-10(12)8-17-26-9-11-6-7-16-14(18-11)19-15(24)25/h2-8H,9H2,1H3,(H,24,25)(H,16,18,19). The third kappa shape index (κ3) is 4.14. The first-order valence-corrected chi connectivity index (χ1v) is 7.42. The minimum atomic E-state index is -1.24. The van der Waals surface area contributed by atoms with Crippen LogP contribution < -0.4 is 5.32 Å². The van der Waals surface area contributed by atoms with Crippen LogP contribution >= 0.6 is 0 Å². The molecule has 11 heteroatoms. The lowest BCUT2D eigenvalue weighted by molar-refractivity contribution is 0.129. The summed E-state index contributed by atoms with van der Waals surface area (Å²) in [7, 11) is 1.75. The van der Waals surface area contributed by atoms with Gasteiger partial charge in [0.25, 0.3) is 0 Å². The lowest BCUT2D eigenvalue weighted by Crippen LogP contribution is -2.11. The van der Waals surface area contributed by atoms with Gasteiger partial charge in [-0.2, -0.15) is 0 Å². The van der Waals surface area contributed by atoms with Gasteiger partial charge in [0.05, 0.1) is 11.9 Å². The second-order valence-electron chi connectivity index (χ2n) is 5.02. The molecule has 26 heavy (non-hydrogen) atoms. The summed E-state index contributed by atoms with van der Waals surface area (Å²) < 4.78 is 1.56. The van der Waals surface area contributed by atoms with Gasteiger partial charge in [-0.15, -0.1) is 5.10 Å². The highest BCUT2D eigenvalue weighted by Crippen LogP contribution is 2.18. The van der Waals surface area contributed by atoms with Crippen molar-refractivity contribution in [2.45, 2.75) is 6.61 Å². The molecule has 1 amide bonds. The Balaban J connectivity index is 1.67. The fourth-order valence-electron chi connectivity index (χ4n) is 2.10. The van der Waals surface area contributed by atoms with Crippen LogP contribution in [0.3, 0.4) is 0 Å². The molecule has 2 N–H and O–H groups in total. The van der Waals surface area contributed by atoms with Gasteiger partial charge in [-0.1, -0.05) is 29.4 Å². The lowest BCUT2D eigenvalue weighted by atomic mass is 10.1. The summed E-state index contributed by atoms with van der Waals surface area (Å²) in [5, 5.41) is 26.1. The number of amides is 1. The van der Waals surface area contributed by atoms with Crippen LogP contribution in [0.1, 0.15) is 11.3 Å². The van der Waals surface area contributed by atoms with E-state index in [1.807, 2.05) is 24.3 Å². The molecule has 0 atom stereocenters. The van der Waals surface area contributed by atoms with Gasteiger partial charge in [0.1, 0.15) is 0 Å². The van der Waals surface area contributed by atoms with Gasteiger partial charge >= 0.3 is 6.09 Å². The van der Waals surface area contributed by atoms with Crippen molar-refractivity contribution in [1.29, 1.82) is 0 Å². The molecule has 0 spiro atoms. The highest BCUT2D eigenvalue weighted by molar-refractivity contribution is 5.88. The Labute approximate surface area is 147 Å². The number of carboxylic acid groups (broad SMARTS) is 1. The summed E-state index contributed by atoms with van der Waals surface area (Å²) in [5.41, 5.74) is 2.07. The molecule has 3 aromatic rings. The topological polar surface area (TPSA) is 140 Å². The number of anilines is 1. The van der Waals surface area contributed by atoms with E-state index in [0.29, 0.717) is 11.5 Å². The molecular formula is C15H14N8O3. The van der Waals surface area contributed by atoms with Crippen molar-refractivity contribution in [3.05, 3.63) is 47.8 Å². The zero-order valence-corrected chi connectivity index (χ0v) is 13.6. The molecule has 3 rings (SSSR count). The van der Waals surface area contributed by atoms with E-state index in [1.54, 1.807) is 24.0 Å². The summed E-state index contributed by atoms with van der Waals surface area (Å²) in [6.45, 7) is 0.0565. The summed E-state index contributed by atoms with van der Waals surface area (Å²) in [6.07, 6.45) is 1.73. The van der Waals surface area contributed by atoms with Gasteiger partial charge in [0.2, 0.25) is 5.95 Å². The number of hydrogen-bond donors (Lipinski definition) is 2. The Morgan fingerprint density at radius 2 is 2.23 bits per heavy atom. The van der Waals surface area contributed by atoms with Crippen LogP contribution in [0, 0.1) is 0 Å². The van der Waals surface area contributed by atoms with Crippen molar-refractivity contribution in [3.63, 3.8) is 0 Å². The largest absolute Gasteiger partial charge is 0.465 e. The number of nitrogens with one attached hydrogen (secondary N) is 1. The molecule has 2 aromatic heterocycles. The van der Waals surface area contributed by atoms with Crippen molar-refractivity contribution in [2.75, 3.05) is 5.32 Å². The van der Waals surface area contributed by atoms with Gasteiger partial charge in [-0.05, 0) is 16.5 Å². The molecule has 11 nitrogen and oxygen atoms in total. The molecule has 2 heterocycles. The summed E-state index contributed by atoms with van der Waals surface area (Å²) >= 11 is 0. The van der Waals surface area contributed by atoms with Crippen LogP contribution in [0.25, 0.3) is 11.4 Å². The van der Waals surface area contributed by atoms with E-state index < -0.39 is 6.09 Å². The number of aromatic nitrogens is 6. The average Bonchev–Trinajstić information content (AvgIpc) is 3.05. The maximum Gasteiger partial charge on any atom is 0.411 e. The van der Waals surface area contributed by atoms with Gasteiger partial charge in [0.15, 0.2) is 12.4 Å². The molecule has 1 aromatic carbocycles. The Hall–Kier alpha value is -3.89. The zero-order chi connectivity index (χ0) is 18.4. The normalized spacial score (nSPS) is 10.8. The van der Waals surface area contributed by atoms with Gasteiger partial charge < -0.3 is 9.94 Å². The van der Waals surface area contributed by atoms with Crippen LogP contribution in [0.5, 0.6) is 0 Å². The first-order valence-electron chi connectivity index (χ1n) is 7.42. The number of oxime groups is 1. The van der Waals surface area contributed by atoms with Gasteiger partial charge in [-0.25, -0.2) is 19.4 Å². The molecule has 0 aliphatic carbocycles. The minimum Gasteiger partial charge on any atom is -0.465 e. The van der Waals surface area contributed by atoms with E-state index in [2.05, 4.69) is 36.0 Å². The van der Waals surface area contributed by atoms with Crippen molar-refractivity contribution in [3.8, 4) is 11.4 Å². The Morgan fingerprint density at radius 3 is 3.00 bits per heavy atom. The third-order valence-corrected chi connectivity index (χ3v) is 3.23. The SMILES string of the molecule is Cn1nnnc1-c1ccccc1C=NOCc1ccnc(NC(=O)O)n1. The maximum absolute atomic E-state index is 10.6. The molecule has 0 bridgehead atoms. The molecule has 0 aliphatic rings. The van der Waals surface area contributed by atoms with E-state index in [0.717, 1.165) is 11.1 Å². The Morgan fingerprint density at radius 1 is 1.38 bits per heavy atom. The zero-order valence-electron chi connectivity index (χ0n) is 13.6. The first kappa shape index (κ1) is 17.0. The van der Waals surface area contributed by atoms with Crippen molar-refractivity contribution < 1.29 is 14.7 Å². The van der Waals surface area contributed by atoms with E-state index >= 15 is 0 Å². The summed E-state index contributed by atoms with van der Waals surface area (Å²) in [6, 6.07) is 9.07. The quantitative estimate of drug-likeness (QED) is 0.498. The van der Waals surface area contributed by atoms with Crippen LogP contribution in [0.4, 0.5) is 10.7 Å². The van der Waals surface area contributed by atoms with E-state index in [4.69, 9.17) is 9.94 Å². The fourth-order valence-corrected chi connectivity index (χ4v) is 2.10. The molecule has 132 valence electrons. The molecule has 0 fully saturated rings. The van der Waals surface area contributed by atoms with Gasteiger partial charge in [0, 0.05) is 24.4 Å². The fraction of sp³-hybridized carbons (Fsp3) is 0.133. The number of nitrogens with zero attached hydrogens (tertiary/aromatic N) is 7. The van der Waals surface area contributed by atoms with Crippen molar-refractivity contribution >= 4 is 18.3 Å². The number of aryl methyl sites for hydroxylation is 1. The van der Waals surface area contributed by atoms with Gasteiger partial charge in [-0.3, -0.25) is 5.32 Å². The molecule has 0 saturated carbocycles. The van der Waals surface area contributed by atoms with Crippen LogP contribution in [-0.2, 0) is 18.5 Å². The number of benzene rings is 1. The smallest absolute Gasteiger partial charge is 0.411 e. The molecule has 0 saturated heterocycles. The highest BCUT2D eigenvalue weighted by Gasteiger charge is 2.09. The van der Waals surface area contributed by atoms with E-state index in [1.165, 1.54) is 6.20 Å². The Kier molecular flexibility index (Phi) is 5.08. The molecular weight excluding hydrogens is 340 g/mol. The first-order chi connectivity index (χ1) is 12.6. The minimum absolute atomic E-state index is 0.0253. The average molecular weight is 354 g/mol. The maximum atomic E-state index is 10.6. The number of carbonyl (C=O) groups is 1. The Bertz CT molecular complexity index is 940. The van der Waals surface area contributed by atoms with Crippen LogP contribution in [0.15, 0.2) is 41.7 Å². The predicted molar refractivity (Wildman–Crippen MR) is 90.3 cm³/mol. The molecule has 0 unspecified atom stereocenters. The van der Waals surface area contributed by atoms with Crippen molar-refractivity contribution in [1.82, 2.24) is 30.2 Å². The number of tetrazole rings is 1. The van der Waals surface area contributed by atoms with E-state index in [-0.39, 0.29) is 12.6 Å². The van der Waals surface area contributed by atoms with Crippen LogP contribution in [0.2, 0.25) is 0 Å². The second-order valence-corrected chi connectivity index (χ2v) is 5.02. The molecule has 0 radical (unpaired) electrons. The highest BCUT2D eigenvalue weighted by atomic mass is 16.6. The predicted octanol–water partition coefficient (Wildman–Crippen LogP) is 1.31. The second kappa shape index (κ2) is 7.79. The summed E-state index contributed by atoms with van der Waals surface area (Å²) in [5.74, 6) is 0.579. The number of hydrogen-bond acceptors (Lipinski definition) is 8. The van der Waals surface area contributed by atoms with Crippen molar-refractivity contribution in [2.24, 2.45) is 12.2 Å². The van der Waals surface area contributed by atoms with Crippen LogP contribution in [-0.4, -0.2) is 47.6 Å². The third-order valence-electron chi connectivity index (χ3n) is 3.23. The monoisotopic (exact) mass is 354 g/mol. The number of rotatable bonds is 6. The molecule has 0 aliphatic heterocycles.